The van der Waals surface area contributed by atoms with E-state index < -0.39 is 0 Å². The van der Waals surface area contributed by atoms with Crippen LogP contribution in [-0.2, 0) is 0 Å². The van der Waals surface area contributed by atoms with Gasteiger partial charge in [-0.3, -0.25) is 4.79 Å². The number of hydrazone groups is 1. The van der Waals surface area contributed by atoms with Crippen LogP contribution >= 0.6 is 0 Å². The number of hydrogen-bond donors (Lipinski definition) is 1. The molecule has 0 bridgehead atoms. The SMILES string of the molecule is CCCC/C(=N/NC(=O)c1ccc(-c2ccccc2)cc1)c1ccccc1. The van der Waals surface area contributed by atoms with Crippen LogP contribution in [0.5, 0.6) is 0 Å². The van der Waals surface area contributed by atoms with Crippen LogP contribution in [0.4, 0.5) is 0 Å². The highest BCUT2D eigenvalue weighted by molar-refractivity contribution is 6.02. The Morgan fingerprint density at radius 1 is 0.778 bits per heavy atom. The summed E-state index contributed by atoms with van der Waals surface area (Å²) >= 11 is 0. The van der Waals surface area contributed by atoms with E-state index in [-0.39, 0.29) is 5.91 Å². The van der Waals surface area contributed by atoms with Crippen molar-refractivity contribution in [2.24, 2.45) is 5.10 Å². The zero-order chi connectivity index (χ0) is 18.9. The van der Waals surface area contributed by atoms with Gasteiger partial charge < -0.3 is 0 Å². The summed E-state index contributed by atoms with van der Waals surface area (Å²) in [6.07, 6.45) is 2.96. The first kappa shape index (κ1) is 18.6. The molecule has 1 N–H and O–H groups in total. The minimum absolute atomic E-state index is 0.195. The van der Waals surface area contributed by atoms with Gasteiger partial charge in [-0.1, -0.05) is 86.1 Å². The van der Waals surface area contributed by atoms with Crippen molar-refractivity contribution < 1.29 is 4.79 Å². The van der Waals surface area contributed by atoms with Crippen LogP contribution in [0.2, 0.25) is 0 Å². The monoisotopic (exact) mass is 356 g/mol. The summed E-state index contributed by atoms with van der Waals surface area (Å²) in [6, 6.07) is 27.7. The number of carbonyl (C=O) groups is 1. The summed E-state index contributed by atoms with van der Waals surface area (Å²) in [5.41, 5.74) is 7.49. The first-order valence-corrected chi connectivity index (χ1v) is 9.35. The Morgan fingerprint density at radius 3 is 2.00 bits per heavy atom. The predicted molar refractivity (Wildman–Crippen MR) is 112 cm³/mol. The lowest BCUT2D eigenvalue weighted by Crippen LogP contribution is -2.20. The minimum Gasteiger partial charge on any atom is -0.267 e. The molecule has 3 aromatic rings. The van der Waals surface area contributed by atoms with Crippen molar-refractivity contribution in [1.29, 1.82) is 0 Å². The molecule has 0 unspecified atom stereocenters. The first-order valence-electron chi connectivity index (χ1n) is 9.35. The molecule has 1 amide bonds. The smallest absolute Gasteiger partial charge is 0.267 e. The Kier molecular flexibility index (Phi) is 6.53. The second kappa shape index (κ2) is 9.48. The molecule has 3 aromatic carbocycles. The van der Waals surface area contributed by atoms with E-state index in [1.54, 1.807) is 0 Å². The Hall–Kier alpha value is -3.20. The number of unbranched alkanes of at least 4 members (excludes halogenated alkanes) is 1. The lowest BCUT2D eigenvalue weighted by Gasteiger charge is -2.08. The van der Waals surface area contributed by atoms with Crippen LogP contribution in [0, 0.1) is 0 Å². The molecular formula is C24H24N2O. The van der Waals surface area contributed by atoms with Gasteiger partial charge in [0.25, 0.3) is 5.91 Å². The molecule has 0 heterocycles. The standard InChI is InChI=1S/C24H24N2O/c1-2-3-14-23(21-12-8-5-9-13-21)25-26-24(27)22-17-15-20(16-18-22)19-10-6-4-7-11-19/h4-13,15-18H,2-3,14H2,1H3,(H,26,27)/b25-23-. The summed E-state index contributed by atoms with van der Waals surface area (Å²) in [5.74, 6) is -0.195. The zero-order valence-electron chi connectivity index (χ0n) is 15.6. The van der Waals surface area contributed by atoms with Crippen LogP contribution < -0.4 is 5.43 Å². The van der Waals surface area contributed by atoms with Gasteiger partial charge in [-0.15, -0.1) is 0 Å². The van der Waals surface area contributed by atoms with E-state index in [4.69, 9.17) is 0 Å². The molecule has 0 radical (unpaired) electrons. The van der Waals surface area contributed by atoms with Crippen molar-refractivity contribution >= 4 is 11.6 Å². The van der Waals surface area contributed by atoms with Gasteiger partial charge in [-0.25, -0.2) is 5.43 Å². The van der Waals surface area contributed by atoms with Crippen LogP contribution in [0.25, 0.3) is 11.1 Å². The van der Waals surface area contributed by atoms with Gasteiger partial charge >= 0.3 is 0 Å². The van der Waals surface area contributed by atoms with Gasteiger partial charge in [-0.2, -0.15) is 5.10 Å². The van der Waals surface area contributed by atoms with E-state index in [2.05, 4.69) is 29.6 Å². The molecule has 0 aliphatic carbocycles. The fourth-order valence-corrected chi connectivity index (χ4v) is 2.87. The number of nitrogens with zero attached hydrogens (tertiary/aromatic N) is 1. The second-order valence-electron chi connectivity index (χ2n) is 6.41. The molecule has 0 aromatic heterocycles. The molecule has 27 heavy (non-hydrogen) atoms. The van der Waals surface area contributed by atoms with Gasteiger partial charge in [0.05, 0.1) is 5.71 Å². The minimum atomic E-state index is -0.195. The molecule has 0 saturated carbocycles. The van der Waals surface area contributed by atoms with E-state index in [1.165, 1.54) is 0 Å². The third-order valence-corrected chi connectivity index (χ3v) is 4.42. The number of hydrogen-bond acceptors (Lipinski definition) is 2. The quantitative estimate of drug-likeness (QED) is 0.429. The molecule has 0 atom stereocenters. The molecule has 0 spiro atoms. The Morgan fingerprint density at radius 2 is 1.37 bits per heavy atom. The van der Waals surface area contributed by atoms with Crippen LogP contribution in [0.3, 0.4) is 0 Å². The van der Waals surface area contributed by atoms with Crippen LogP contribution in [-0.4, -0.2) is 11.6 Å². The van der Waals surface area contributed by atoms with E-state index in [0.717, 1.165) is 41.7 Å². The second-order valence-corrected chi connectivity index (χ2v) is 6.41. The highest BCUT2D eigenvalue weighted by Crippen LogP contribution is 2.19. The number of nitrogens with one attached hydrogen (secondary N) is 1. The highest BCUT2D eigenvalue weighted by Gasteiger charge is 2.07. The van der Waals surface area contributed by atoms with Crippen molar-refractivity contribution in [1.82, 2.24) is 5.43 Å². The van der Waals surface area contributed by atoms with Crippen molar-refractivity contribution in [2.75, 3.05) is 0 Å². The molecule has 3 nitrogen and oxygen atoms in total. The number of amides is 1. The third kappa shape index (κ3) is 5.14. The largest absolute Gasteiger partial charge is 0.271 e. The number of benzene rings is 3. The maximum Gasteiger partial charge on any atom is 0.271 e. The van der Waals surface area contributed by atoms with E-state index in [9.17, 15) is 4.79 Å². The van der Waals surface area contributed by atoms with E-state index in [1.807, 2.05) is 72.8 Å². The lowest BCUT2D eigenvalue weighted by molar-refractivity contribution is 0.0955. The fourth-order valence-electron chi connectivity index (χ4n) is 2.87. The molecule has 3 rings (SSSR count). The molecule has 0 aliphatic rings. The van der Waals surface area contributed by atoms with E-state index in [0.29, 0.717) is 5.56 Å². The van der Waals surface area contributed by atoms with Gasteiger partial charge in [0.15, 0.2) is 0 Å². The molecular weight excluding hydrogens is 332 g/mol. The normalized spacial score (nSPS) is 11.2. The topological polar surface area (TPSA) is 41.5 Å². The highest BCUT2D eigenvalue weighted by atomic mass is 16.2. The Labute approximate surface area is 160 Å². The van der Waals surface area contributed by atoms with Crippen molar-refractivity contribution in [3.8, 4) is 11.1 Å². The summed E-state index contributed by atoms with van der Waals surface area (Å²) in [5, 5.41) is 4.41. The van der Waals surface area contributed by atoms with Crippen molar-refractivity contribution in [2.45, 2.75) is 26.2 Å². The number of rotatable bonds is 7. The van der Waals surface area contributed by atoms with Gasteiger partial charge in [0, 0.05) is 5.56 Å². The third-order valence-electron chi connectivity index (χ3n) is 4.42. The average molecular weight is 356 g/mol. The van der Waals surface area contributed by atoms with Gasteiger partial charge in [0.2, 0.25) is 0 Å². The van der Waals surface area contributed by atoms with E-state index >= 15 is 0 Å². The molecule has 0 fully saturated rings. The van der Waals surface area contributed by atoms with Crippen LogP contribution in [0.15, 0.2) is 90.0 Å². The Bertz CT molecular complexity index is 885. The fraction of sp³-hybridized carbons (Fsp3) is 0.167. The maximum atomic E-state index is 12.5. The molecule has 136 valence electrons. The average Bonchev–Trinajstić information content (AvgIpc) is 2.75. The molecule has 3 heteroatoms. The molecule has 0 aliphatic heterocycles. The predicted octanol–water partition coefficient (Wildman–Crippen LogP) is 5.68. The van der Waals surface area contributed by atoms with Crippen LogP contribution in [0.1, 0.15) is 42.1 Å². The maximum absolute atomic E-state index is 12.5. The summed E-state index contributed by atoms with van der Waals surface area (Å²) in [4.78, 5) is 12.5. The van der Waals surface area contributed by atoms with Crippen molar-refractivity contribution in [3.05, 3.63) is 96.1 Å². The summed E-state index contributed by atoms with van der Waals surface area (Å²) in [7, 11) is 0. The zero-order valence-corrected chi connectivity index (χ0v) is 15.6. The Balaban J connectivity index is 1.72. The van der Waals surface area contributed by atoms with Crippen molar-refractivity contribution in [3.63, 3.8) is 0 Å². The number of carbonyl (C=O) groups excluding carboxylic acids is 1. The first-order chi connectivity index (χ1) is 13.3. The molecule has 0 saturated heterocycles. The van der Waals surface area contributed by atoms with Gasteiger partial charge in [-0.05, 0) is 41.7 Å². The summed E-state index contributed by atoms with van der Waals surface area (Å²) in [6.45, 7) is 2.15. The van der Waals surface area contributed by atoms with Gasteiger partial charge in [0.1, 0.15) is 0 Å². The lowest BCUT2D eigenvalue weighted by atomic mass is 10.0. The summed E-state index contributed by atoms with van der Waals surface area (Å²) < 4.78 is 0.